The van der Waals surface area contributed by atoms with Gasteiger partial charge in [0, 0.05) is 17.4 Å². The van der Waals surface area contributed by atoms with Crippen LogP contribution in [-0.2, 0) is 4.74 Å². The molecular formula is C22H18N2O5. The molecule has 0 aliphatic carbocycles. The molecule has 0 radical (unpaired) electrons. The van der Waals surface area contributed by atoms with E-state index in [1.807, 2.05) is 36.4 Å². The minimum atomic E-state index is -0.879. The molecule has 0 aliphatic rings. The summed E-state index contributed by atoms with van der Waals surface area (Å²) >= 11 is 0. The van der Waals surface area contributed by atoms with Crippen molar-refractivity contribution in [2.45, 2.75) is 6.92 Å². The molecule has 0 bridgehead atoms. The lowest BCUT2D eigenvalue weighted by molar-refractivity contribution is 0.0521. The number of ether oxygens (including phenoxy) is 1. The van der Waals surface area contributed by atoms with Gasteiger partial charge in [-0.15, -0.1) is 0 Å². The molecule has 2 aromatic carbocycles. The van der Waals surface area contributed by atoms with E-state index < -0.39 is 22.8 Å². The van der Waals surface area contributed by atoms with Crippen molar-refractivity contribution >= 4 is 17.0 Å². The summed E-state index contributed by atoms with van der Waals surface area (Å²) in [6.07, 6.45) is 1.68. The highest BCUT2D eigenvalue weighted by Gasteiger charge is 2.22. The average Bonchev–Trinajstić information content (AvgIpc) is 3.13. The summed E-state index contributed by atoms with van der Waals surface area (Å²) in [4.78, 5) is 26.9. The number of aromatic amines is 1. The Bertz CT molecular complexity index is 1270. The molecule has 7 heteroatoms. The minimum absolute atomic E-state index is 0.0879. The lowest BCUT2D eigenvalue weighted by Gasteiger charge is -2.10. The Hall–Kier alpha value is -4.00. The van der Waals surface area contributed by atoms with Crippen LogP contribution in [0.4, 0.5) is 0 Å². The number of benzene rings is 2. The minimum Gasteiger partial charge on any atom is -0.507 e. The molecule has 7 nitrogen and oxygen atoms in total. The molecule has 0 atom stereocenters. The van der Waals surface area contributed by atoms with Crippen LogP contribution in [0.25, 0.3) is 27.8 Å². The van der Waals surface area contributed by atoms with Gasteiger partial charge in [-0.2, -0.15) is 0 Å². The number of esters is 1. The van der Waals surface area contributed by atoms with E-state index in [0.29, 0.717) is 22.3 Å². The van der Waals surface area contributed by atoms with Crippen LogP contribution in [0.5, 0.6) is 11.5 Å². The Balaban J connectivity index is 1.82. The number of carbonyl (C=O) groups excluding carboxylic acids is 1. The van der Waals surface area contributed by atoms with Crippen LogP contribution in [0.15, 0.2) is 65.6 Å². The molecule has 146 valence electrons. The first-order valence-corrected chi connectivity index (χ1v) is 9.03. The fraction of sp³-hybridized carbons (Fsp3) is 0.0909. The first-order valence-electron chi connectivity index (χ1n) is 9.03. The number of para-hydroxylation sites is 1. The number of aromatic hydroxyl groups is 2. The fourth-order valence-corrected chi connectivity index (χ4v) is 3.31. The summed E-state index contributed by atoms with van der Waals surface area (Å²) in [5.74, 6) is -1.13. The van der Waals surface area contributed by atoms with Gasteiger partial charge in [0.1, 0.15) is 11.3 Å². The zero-order valence-electron chi connectivity index (χ0n) is 15.5. The third-order valence-electron chi connectivity index (χ3n) is 4.66. The second kappa shape index (κ2) is 7.20. The number of phenolic OH excluding ortho intramolecular Hbond substituents is 1. The van der Waals surface area contributed by atoms with Gasteiger partial charge in [-0.25, -0.2) is 4.79 Å². The van der Waals surface area contributed by atoms with E-state index in [0.717, 1.165) is 5.56 Å². The average molecular weight is 390 g/mol. The summed E-state index contributed by atoms with van der Waals surface area (Å²) in [5, 5.41) is 20.7. The van der Waals surface area contributed by atoms with Crippen molar-refractivity contribution in [2.75, 3.05) is 6.61 Å². The van der Waals surface area contributed by atoms with Gasteiger partial charge in [-0.1, -0.05) is 30.3 Å². The van der Waals surface area contributed by atoms with E-state index in [9.17, 15) is 19.8 Å². The molecule has 0 unspecified atom stereocenters. The van der Waals surface area contributed by atoms with E-state index in [-0.39, 0.29) is 12.4 Å². The second-order valence-electron chi connectivity index (χ2n) is 6.41. The fourth-order valence-electron chi connectivity index (χ4n) is 3.31. The number of pyridine rings is 1. The molecule has 0 saturated carbocycles. The third-order valence-corrected chi connectivity index (χ3v) is 4.66. The predicted molar refractivity (Wildman–Crippen MR) is 109 cm³/mol. The molecule has 2 heterocycles. The molecule has 2 aromatic heterocycles. The van der Waals surface area contributed by atoms with Crippen LogP contribution < -0.4 is 5.56 Å². The highest BCUT2D eigenvalue weighted by atomic mass is 16.5. The smallest absolute Gasteiger partial charge is 0.347 e. The van der Waals surface area contributed by atoms with Gasteiger partial charge in [0.15, 0.2) is 11.3 Å². The van der Waals surface area contributed by atoms with Crippen molar-refractivity contribution in [3.8, 4) is 28.3 Å². The van der Waals surface area contributed by atoms with Gasteiger partial charge < -0.3 is 24.5 Å². The molecule has 4 aromatic rings. The highest BCUT2D eigenvalue weighted by Crippen LogP contribution is 2.32. The maximum atomic E-state index is 12.2. The first-order chi connectivity index (χ1) is 14.0. The van der Waals surface area contributed by atoms with Crippen LogP contribution in [-0.4, -0.2) is 32.3 Å². The summed E-state index contributed by atoms with van der Waals surface area (Å²) in [5.41, 5.74) is 1.79. The highest BCUT2D eigenvalue weighted by molar-refractivity contribution is 5.98. The van der Waals surface area contributed by atoms with E-state index >= 15 is 0 Å². The van der Waals surface area contributed by atoms with E-state index in [1.54, 1.807) is 35.9 Å². The standard InChI is InChI=1S/C22H18N2O5/c1-2-29-22(28)18-20(26)19-16(23-21(18)27)11-12-24(19)14-9-7-13(8-10-14)15-5-3-4-6-17(15)25/h3-12,25H,2H2,1H3,(H2,23,26,27). The normalized spacial score (nSPS) is 10.9. The summed E-state index contributed by atoms with van der Waals surface area (Å²) < 4.78 is 6.55. The molecule has 3 N–H and O–H groups in total. The Morgan fingerprint density at radius 3 is 2.48 bits per heavy atom. The number of hydrogen-bond donors (Lipinski definition) is 3. The number of H-pyrrole nitrogens is 1. The second-order valence-corrected chi connectivity index (χ2v) is 6.41. The summed E-state index contributed by atoms with van der Waals surface area (Å²) in [6, 6.07) is 16.0. The van der Waals surface area contributed by atoms with E-state index in [4.69, 9.17) is 4.74 Å². The zero-order valence-corrected chi connectivity index (χ0v) is 15.5. The Morgan fingerprint density at radius 1 is 1.07 bits per heavy atom. The maximum absolute atomic E-state index is 12.2. The van der Waals surface area contributed by atoms with Gasteiger partial charge in [-0.05, 0) is 36.8 Å². The third kappa shape index (κ3) is 3.12. The largest absolute Gasteiger partial charge is 0.507 e. The molecule has 0 spiro atoms. The van der Waals surface area contributed by atoms with E-state index in [2.05, 4.69) is 4.98 Å². The van der Waals surface area contributed by atoms with Crippen LogP contribution in [0, 0.1) is 0 Å². The van der Waals surface area contributed by atoms with Crippen LogP contribution >= 0.6 is 0 Å². The quantitative estimate of drug-likeness (QED) is 0.462. The summed E-state index contributed by atoms with van der Waals surface area (Å²) in [7, 11) is 0. The number of hydrogen-bond acceptors (Lipinski definition) is 5. The summed E-state index contributed by atoms with van der Waals surface area (Å²) in [6.45, 7) is 1.71. The Labute approximate surface area is 165 Å². The molecule has 0 aliphatic heterocycles. The van der Waals surface area contributed by atoms with Crippen LogP contribution in [0.1, 0.15) is 17.3 Å². The lowest BCUT2D eigenvalue weighted by Crippen LogP contribution is -2.20. The molecular weight excluding hydrogens is 372 g/mol. The molecule has 0 fully saturated rings. The van der Waals surface area contributed by atoms with Crippen molar-refractivity contribution < 1.29 is 19.7 Å². The van der Waals surface area contributed by atoms with Crippen molar-refractivity contribution in [3.63, 3.8) is 0 Å². The van der Waals surface area contributed by atoms with E-state index in [1.165, 1.54) is 0 Å². The topological polar surface area (TPSA) is 105 Å². The van der Waals surface area contributed by atoms with Gasteiger partial charge in [-0.3, -0.25) is 4.79 Å². The van der Waals surface area contributed by atoms with Crippen molar-refractivity contribution in [2.24, 2.45) is 0 Å². The maximum Gasteiger partial charge on any atom is 0.347 e. The monoisotopic (exact) mass is 390 g/mol. The van der Waals surface area contributed by atoms with Gasteiger partial charge >= 0.3 is 5.97 Å². The number of fused-ring (bicyclic) bond motifs is 1. The van der Waals surface area contributed by atoms with Gasteiger partial charge in [0.2, 0.25) is 0 Å². The SMILES string of the molecule is CCOC(=O)c1c(O)c2c(ccn2-c2ccc(-c3ccccc3O)cc2)[nH]c1=O. The number of phenols is 1. The van der Waals surface area contributed by atoms with Gasteiger partial charge in [0.25, 0.3) is 5.56 Å². The number of carbonyl (C=O) groups is 1. The predicted octanol–water partition coefficient (Wildman–Crippen LogP) is 3.57. The number of aromatic nitrogens is 2. The lowest BCUT2D eigenvalue weighted by atomic mass is 10.0. The molecule has 0 saturated heterocycles. The van der Waals surface area contributed by atoms with Crippen LogP contribution in [0.3, 0.4) is 0 Å². The van der Waals surface area contributed by atoms with Crippen LogP contribution in [0.2, 0.25) is 0 Å². The Kier molecular flexibility index (Phi) is 4.56. The molecule has 0 amide bonds. The number of rotatable bonds is 4. The Morgan fingerprint density at radius 2 is 1.79 bits per heavy atom. The number of nitrogens with zero attached hydrogens (tertiary/aromatic N) is 1. The van der Waals surface area contributed by atoms with Crippen molar-refractivity contribution in [1.82, 2.24) is 9.55 Å². The van der Waals surface area contributed by atoms with Crippen molar-refractivity contribution in [1.29, 1.82) is 0 Å². The molecule has 4 rings (SSSR count). The first kappa shape index (κ1) is 18.4. The van der Waals surface area contributed by atoms with Crippen molar-refractivity contribution in [3.05, 3.63) is 76.7 Å². The van der Waals surface area contributed by atoms with Gasteiger partial charge in [0.05, 0.1) is 12.1 Å². The zero-order chi connectivity index (χ0) is 20.5. The number of nitrogens with one attached hydrogen (secondary N) is 1. The molecule has 29 heavy (non-hydrogen) atoms.